The average Bonchev–Trinajstić information content (AvgIpc) is 3.50. The van der Waals surface area contributed by atoms with Crippen LogP contribution < -0.4 is 10.9 Å². The minimum Gasteiger partial charge on any atom is -0.315 e. The number of fused-ring (bicyclic) bond motifs is 1. The fraction of sp³-hybridized carbons (Fsp3) is 0.300. The first-order chi connectivity index (χ1) is 12.7. The highest BCUT2D eigenvalue weighted by atomic mass is 16.2. The van der Waals surface area contributed by atoms with E-state index in [4.69, 9.17) is 0 Å². The van der Waals surface area contributed by atoms with E-state index in [1.807, 2.05) is 37.4 Å². The van der Waals surface area contributed by atoms with Crippen LogP contribution in [0.15, 0.2) is 47.7 Å². The number of amides is 1. The van der Waals surface area contributed by atoms with E-state index in [9.17, 15) is 9.59 Å². The summed E-state index contributed by atoms with van der Waals surface area (Å²) in [5.41, 5.74) is 1.70. The molecule has 2 aromatic heterocycles. The van der Waals surface area contributed by atoms with Crippen molar-refractivity contribution >= 4 is 22.6 Å². The van der Waals surface area contributed by atoms with Crippen LogP contribution in [-0.4, -0.2) is 20.4 Å². The molecule has 0 spiro atoms. The number of carbonyl (C=O) groups is 1. The van der Waals surface area contributed by atoms with Gasteiger partial charge >= 0.3 is 0 Å². The van der Waals surface area contributed by atoms with Gasteiger partial charge in [-0.2, -0.15) is 0 Å². The molecule has 0 radical (unpaired) electrons. The number of benzene rings is 1. The van der Waals surface area contributed by atoms with E-state index < -0.39 is 0 Å². The average molecular weight is 348 g/mol. The Morgan fingerprint density at radius 1 is 1.19 bits per heavy atom. The van der Waals surface area contributed by atoms with Crippen molar-refractivity contribution in [3.8, 4) is 11.1 Å². The monoisotopic (exact) mass is 348 g/mol. The quantitative estimate of drug-likeness (QED) is 0.768. The number of rotatable bonds is 5. The molecule has 1 saturated carbocycles. The number of nitrogens with one attached hydrogen (secondary N) is 1. The highest BCUT2D eigenvalue weighted by molar-refractivity contribution is 5.92. The third-order valence-corrected chi connectivity index (χ3v) is 4.61. The van der Waals surface area contributed by atoms with Gasteiger partial charge in [0.1, 0.15) is 0 Å². The molecule has 26 heavy (non-hydrogen) atoms. The molecular weight excluding hydrogens is 328 g/mol. The summed E-state index contributed by atoms with van der Waals surface area (Å²) in [7, 11) is 0. The highest BCUT2D eigenvalue weighted by Crippen LogP contribution is 2.30. The largest absolute Gasteiger partial charge is 0.315 e. The summed E-state index contributed by atoms with van der Waals surface area (Å²) in [5, 5.41) is 4.33. The minimum atomic E-state index is -0.0140. The molecule has 3 aromatic rings. The molecular formula is C20H20N4O2. The van der Waals surface area contributed by atoms with Crippen LogP contribution in [0.25, 0.3) is 21.9 Å². The molecule has 0 aliphatic heterocycles. The zero-order valence-electron chi connectivity index (χ0n) is 14.6. The first-order valence-electron chi connectivity index (χ1n) is 8.92. The molecule has 6 nitrogen and oxygen atoms in total. The number of hydrogen-bond acceptors (Lipinski definition) is 4. The third-order valence-electron chi connectivity index (χ3n) is 4.61. The Balaban J connectivity index is 1.64. The van der Waals surface area contributed by atoms with Crippen molar-refractivity contribution < 1.29 is 4.79 Å². The molecule has 1 N–H and O–H groups in total. The molecule has 0 atom stereocenters. The number of aromatic nitrogens is 3. The number of nitrogens with zero attached hydrogens (tertiary/aromatic N) is 3. The number of pyridine rings is 1. The number of carbonyl (C=O) groups excluding carboxylic acids is 1. The van der Waals surface area contributed by atoms with E-state index in [2.05, 4.69) is 15.3 Å². The smallest absolute Gasteiger partial charge is 0.258 e. The molecule has 0 saturated heterocycles. The van der Waals surface area contributed by atoms with Gasteiger partial charge in [0.25, 0.3) is 5.56 Å². The molecule has 1 aliphatic rings. The lowest BCUT2D eigenvalue weighted by Gasteiger charge is -2.08. The summed E-state index contributed by atoms with van der Waals surface area (Å²) in [6.45, 7) is 2.76. The third kappa shape index (κ3) is 3.22. The first kappa shape index (κ1) is 16.4. The Kier molecular flexibility index (Phi) is 4.24. The van der Waals surface area contributed by atoms with E-state index in [0.29, 0.717) is 17.9 Å². The Morgan fingerprint density at radius 2 is 1.96 bits per heavy atom. The van der Waals surface area contributed by atoms with Crippen molar-refractivity contribution in [3.63, 3.8) is 0 Å². The number of aryl methyl sites for hydroxylation is 1. The van der Waals surface area contributed by atoms with Gasteiger partial charge < -0.3 is 4.57 Å². The standard InChI is InChI=1S/C20H20N4O2/c1-2-8-24-9-7-13-3-6-15(10-17(13)19(24)26)16-11-21-20(22-12-16)23-18(25)14-4-5-14/h3,6-7,9-12,14H,2,4-5,8H2,1H3,(H,21,22,23,25). The van der Waals surface area contributed by atoms with Crippen LogP contribution in [0.3, 0.4) is 0 Å². The van der Waals surface area contributed by atoms with Gasteiger partial charge in [-0.3, -0.25) is 14.9 Å². The van der Waals surface area contributed by atoms with Crippen molar-refractivity contribution in [1.29, 1.82) is 0 Å². The molecule has 0 unspecified atom stereocenters. The molecule has 2 heterocycles. The molecule has 1 fully saturated rings. The van der Waals surface area contributed by atoms with Crippen molar-refractivity contribution in [3.05, 3.63) is 53.2 Å². The fourth-order valence-electron chi connectivity index (χ4n) is 2.98. The van der Waals surface area contributed by atoms with Crippen LogP contribution >= 0.6 is 0 Å². The molecule has 1 aromatic carbocycles. The predicted octanol–water partition coefficient (Wildman–Crippen LogP) is 3.22. The second-order valence-electron chi connectivity index (χ2n) is 6.68. The summed E-state index contributed by atoms with van der Waals surface area (Å²) in [6.07, 6.45) is 7.97. The second-order valence-corrected chi connectivity index (χ2v) is 6.68. The molecule has 1 amide bonds. The van der Waals surface area contributed by atoms with Crippen LogP contribution in [0.4, 0.5) is 5.95 Å². The van der Waals surface area contributed by atoms with Gasteiger partial charge in [0.05, 0.1) is 0 Å². The predicted molar refractivity (Wildman–Crippen MR) is 101 cm³/mol. The Bertz CT molecular complexity index is 1020. The van der Waals surface area contributed by atoms with Crippen LogP contribution in [0.2, 0.25) is 0 Å². The van der Waals surface area contributed by atoms with Crippen LogP contribution in [0.5, 0.6) is 0 Å². The SMILES string of the molecule is CCCn1ccc2ccc(-c3cnc(NC(=O)C4CC4)nc3)cc2c1=O. The molecule has 4 rings (SSSR count). The van der Waals surface area contributed by atoms with Crippen LogP contribution in [0, 0.1) is 5.92 Å². The van der Waals surface area contributed by atoms with Crippen molar-refractivity contribution in [2.24, 2.45) is 5.92 Å². The van der Waals surface area contributed by atoms with Gasteiger partial charge in [-0.15, -0.1) is 0 Å². The van der Waals surface area contributed by atoms with Crippen molar-refractivity contribution in [1.82, 2.24) is 14.5 Å². The lowest BCUT2D eigenvalue weighted by atomic mass is 10.0. The van der Waals surface area contributed by atoms with E-state index in [-0.39, 0.29) is 17.4 Å². The maximum absolute atomic E-state index is 12.6. The Morgan fingerprint density at radius 3 is 2.65 bits per heavy atom. The fourth-order valence-corrected chi connectivity index (χ4v) is 2.98. The molecule has 6 heteroatoms. The maximum Gasteiger partial charge on any atom is 0.258 e. The Labute approximate surface area is 150 Å². The normalized spacial score (nSPS) is 13.7. The highest BCUT2D eigenvalue weighted by Gasteiger charge is 2.30. The molecule has 132 valence electrons. The van der Waals surface area contributed by atoms with Gasteiger partial charge in [0.2, 0.25) is 11.9 Å². The van der Waals surface area contributed by atoms with E-state index in [0.717, 1.165) is 35.8 Å². The summed E-state index contributed by atoms with van der Waals surface area (Å²) in [6, 6.07) is 7.73. The second kappa shape index (κ2) is 6.71. The van der Waals surface area contributed by atoms with Gasteiger partial charge in [0.15, 0.2) is 0 Å². The minimum absolute atomic E-state index is 0.0140. The van der Waals surface area contributed by atoms with E-state index in [1.54, 1.807) is 17.0 Å². The van der Waals surface area contributed by atoms with Gasteiger partial charge in [0, 0.05) is 42.0 Å². The lowest BCUT2D eigenvalue weighted by molar-refractivity contribution is -0.117. The Hall–Kier alpha value is -3.02. The van der Waals surface area contributed by atoms with Gasteiger partial charge in [-0.1, -0.05) is 19.1 Å². The van der Waals surface area contributed by atoms with E-state index >= 15 is 0 Å². The van der Waals surface area contributed by atoms with Crippen molar-refractivity contribution in [2.45, 2.75) is 32.7 Å². The number of hydrogen-bond donors (Lipinski definition) is 1. The van der Waals surface area contributed by atoms with Gasteiger partial charge in [-0.25, -0.2) is 9.97 Å². The van der Waals surface area contributed by atoms with Gasteiger partial charge in [-0.05, 0) is 42.3 Å². The van der Waals surface area contributed by atoms with Crippen LogP contribution in [-0.2, 0) is 11.3 Å². The molecule has 0 bridgehead atoms. The van der Waals surface area contributed by atoms with Crippen molar-refractivity contribution in [2.75, 3.05) is 5.32 Å². The zero-order chi connectivity index (χ0) is 18.1. The molecule has 1 aliphatic carbocycles. The number of anilines is 1. The summed E-state index contributed by atoms with van der Waals surface area (Å²) in [4.78, 5) is 32.9. The first-order valence-corrected chi connectivity index (χ1v) is 8.92. The summed E-state index contributed by atoms with van der Waals surface area (Å²) < 4.78 is 1.74. The topological polar surface area (TPSA) is 76.9 Å². The van der Waals surface area contributed by atoms with Crippen LogP contribution in [0.1, 0.15) is 26.2 Å². The zero-order valence-corrected chi connectivity index (χ0v) is 14.6. The van der Waals surface area contributed by atoms with E-state index in [1.165, 1.54) is 0 Å². The lowest BCUT2D eigenvalue weighted by Crippen LogP contribution is -2.19. The summed E-state index contributed by atoms with van der Waals surface area (Å²) >= 11 is 0. The summed E-state index contributed by atoms with van der Waals surface area (Å²) in [5.74, 6) is 0.417. The maximum atomic E-state index is 12.6.